The van der Waals surface area contributed by atoms with E-state index < -0.39 is 0 Å². The molecule has 2 unspecified atom stereocenters. The van der Waals surface area contributed by atoms with Crippen molar-refractivity contribution < 1.29 is 9.59 Å². The molecule has 0 saturated heterocycles. The van der Waals surface area contributed by atoms with Crippen molar-refractivity contribution in [3.8, 4) is 0 Å². The number of carbonyl (C=O) groups is 2. The zero-order valence-corrected chi connectivity index (χ0v) is 15.1. The lowest BCUT2D eigenvalue weighted by Gasteiger charge is -2.23. The molecule has 2 amide bonds. The number of carbonyl (C=O) groups excluding carboxylic acids is 2. The van der Waals surface area contributed by atoms with Crippen molar-refractivity contribution in [2.45, 2.75) is 32.6 Å². The Morgan fingerprint density at radius 2 is 1.64 bits per heavy atom. The predicted molar refractivity (Wildman–Crippen MR) is 101 cm³/mol. The van der Waals surface area contributed by atoms with E-state index in [0.717, 1.165) is 23.2 Å². The minimum Gasteiger partial charge on any atom is -0.359 e. The van der Waals surface area contributed by atoms with E-state index in [1.165, 1.54) is 0 Å². The molecule has 0 saturated carbocycles. The third-order valence-corrected chi connectivity index (χ3v) is 4.52. The van der Waals surface area contributed by atoms with Crippen molar-refractivity contribution in [3.05, 3.63) is 65.7 Å². The van der Waals surface area contributed by atoms with E-state index in [0.29, 0.717) is 6.42 Å². The van der Waals surface area contributed by atoms with Gasteiger partial charge in [-0.15, -0.1) is 0 Å². The molecule has 0 bridgehead atoms. The molecule has 2 atom stereocenters. The van der Waals surface area contributed by atoms with Crippen LogP contribution in [0.25, 0.3) is 0 Å². The number of amides is 2. The largest absolute Gasteiger partial charge is 0.359 e. The standard InChI is InChI=1S/C21H26N2O2/c1-4-15(2)20(17-8-6-5-7-9-17)21(25)23-18-12-10-16(11-13-18)14-19(24)22-3/h5-13,15,20H,4,14H2,1-3H3,(H,22,24)(H,23,25). The molecule has 0 fully saturated rings. The summed E-state index contributed by atoms with van der Waals surface area (Å²) in [7, 11) is 1.62. The van der Waals surface area contributed by atoms with Gasteiger partial charge in [-0.2, -0.15) is 0 Å². The summed E-state index contributed by atoms with van der Waals surface area (Å²) in [4.78, 5) is 24.3. The molecule has 0 aromatic heterocycles. The van der Waals surface area contributed by atoms with Gasteiger partial charge in [0.15, 0.2) is 0 Å². The van der Waals surface area contributed by atoms with Gasteiger partial charge in [-0.3, -0.25) is 9.59 Å². The zero-order chi connectivity index (χ0) is 18.2. The summed E-state index contributed by atoms with van der Waals surface area (Å²) in [6.45, 7) is 4.20. The van der Waals surface area contributed by atoms with Crippen LogP contribution < -0.4 is 10.6 Å². The van der Waals surface area contributed by atoms with Crippen LogP contribution in [0.5, 0.6) is 0 Å². The Hall–Kier alpha value is -2.62. The van der Waals surface area contributed by atoms with Gasteiger partial charge in [-0.1, -0.05) is 62.7 Å². The molecular formula is C21H26N2O2. The van der Waals surface area contributed by atoms with Crippen LogP contribution in [-0.2, 0) is 16.0 Å². The highest BCUT2D eigenvalue weighted by atomic mass is 16.2. The fourth-order valence-electron chi connectivity index (χ4n) is 2.83. The van der Waals surface area contributed by atoms with Crippen molar-refractivity contribution in [1.29, 1.82) is 0 Å². The maximum Gasteiger partial charge on any atom is 0.232 e. The summed E-state index contributed by atoms with van der Waals surface area (Å²) in [5, 5.41) is 5.61. The molecule has 2 aromatic rings. The average molecular weight is 338 g/mol. The molecule has 0 aliphatic rings. The summed E-state index contributed by atoms with van der Waals surface area (Å²) in [5.74, 6) is 0.0315. The Kier molecular flexibility index (Phi) is 6.75. The smallest absolute Gasteiger partial charge is 0.232 e. The average Bonchev–Trinajstić information content (AvgIpc) is 2.64. The molecule has 4 nitrogen and oxygen atoms in total. The molecule has 0 heterocycles. The van der Waals surface area contributed by atoms with E-state index >= 15 is 0 Å². The number of anilines is 1. The van der Waals surface area contributed by atoms with Gasteiger partial charge in [0.2, 0.25) is 11.8 Å². The van der Waals surface area contributed by atoms with E-state index in [1.807, 2.05) is 54.6 Å². The Labute approximate surface area is 149 Å². The Bertz CT molecular complexity index is 696. The third-order valence-electron chi connectivity index (χ3n) is 4.52. The Morgan fingerprint density at radius 1 is 1.00 bits per heavy atom. The van der Waals surface area contributed by atoms with Gasteiger partial charge >= 0.3 is 0 Å². The summed E-state index contributed by atoms with van der Waals surface area (Å²) in [6.07, 6.45) is 1.27. The molecule has 4 heteroatoms. The van der Waals surface area contributed by atoms with Crippen LogP contribution in [-0.4, -0.2) is 18.9 Å². The van der Waals surface area contributed by atoms with Gasteiger partial charge in [0, 0.05) is 12.7 Å². The summed E-state index contributed by atoms with van der Waals surface area (Å²) >= 11 is 0. The number of hydrogen-bond donors (Lipinski definition) is 2. The third kappa shape index (κ3) is 5.18. The lowest BCUT2D eigenvalue weighted by atomic mass is 9.85. The highest BCUT2D eigenvalue weighted by Crippen LogP contribution is 2.28. The second kappa shape index (κ2) is 9.02. The number of hydrogen-bond acceptors (Lipinski definition) is 2. The van der Waals surface area contributed by atoms with Gasteiger partial charge in [0.05, 0.1) is 12.3 Å². The van der Waals surface area contributed by atoms with Gasteiger partial charge in [0.1, 0.15) is 0 Å². The number of benzene rings is 2. The molecule has 2 N–H and O–H groups in total. The second-order valence-corrected chi connectivity index (χ2v) is 6.31. The highest BCUT2D eigenvalue weighted by Gasteiger charge is 2.25. The maximum atomic E-state index is 12.8. The van der Waals surface area contributed by atoms with Gasteiger partial charge in [0.25, 0.3) is 0 Å². The second-order valence-electron chi connectivity index (χ2n) is 6.31. The highest BCUT2D eigenvalue weighted by molar-refractivity contribution is 5.96. The molecule has 25 heavy (non-hydrogen) atoms. The predicted octanol–water partition coefficient (Wildman–Crippen LogP) is 3.74. The SMILES string of the molecule is CCC(C)C(C(=O)Nc1ccc(CC(=O)NC)cc1)c1ccccc1. The van der Waals surface area contributed by atoms with Gasteiger partial charge in [-0.25, -0.2) is 0 Å². The van der Waals surface area contributed by atoms with Crippen LogP contribution in [0.1, 0.15) is 37.3 Å². The quantitative estimate of drug-likeness (QED) is 0.808. The molecule has 0 spiro atoms. The van der Waals surface area contributed by atoms with Crippen LogP contribution in [0.2, 0.25) is 0 Å². The number of likely N-dealkylation sites (N-methyl/N-ethyl adjacent to an activating group) is 1. The number of rotatable bonds is 7. The van der Waals surface area contributed by atoms with E-state index in [9.17, 15) is 9.59 Å². The zero-order valence-electron chi connectivity index (χ0n) is 15.1. The lowest BCUT2D eigenvalue weighted by Crippen LogP contribution is -2.26. The first-order chi connectivity index (χ1) is 12.0. The van der Waals surface area contributed by atoms with Crippen molar-refractivity contribution in [1.82, 2.24) is 5.32 Å². The van der Waals surface area contributed by atoms with E-state index in [1.54, 1.807) is 7.05 Å². The van der Waals surface area contributed by atoms with Gasteiger partial charge in [-0.05, 0) is 29.2 Å². The molecule has 2 rings (SSSR count). The first-order valence-electron chi connectivity index (χ1n) is 8.70. The van der Waals surface area contributed by atoms with Crippen molar-refractivity contribution in [3.63, 3.8) is 0 Å². The Balaban J connectivity index is 2.11. The molecular weight excluding hydrogens is 312 g/mol. The normalized spacial score (nSPS) is 12.9. The first kappa shape index (κ1) is 18.7. The first-order valence-corrected chi connectivity index (χ1v) is 8.70. The molecule has 0 aliphatic carbocycles. The van der Waals surface area contributed by atoms with E-state index in [2.05, 4.69) is 24.5 Å². The Morgan fingerprint density at radius 3 is 2.20 bits per heavy atom. The van der Waals surface area contributed by atoms with Gasteiger partial charge < -0.3 is 10.6 Å². The molecule has 0 radical (unpaired) electrons. The minimum absolute atomic E-state index is 0.000369. The summed E-state index contributed by atoms with van der Waals surface area (Å²) in [5.41, 5.74) is 2.69. The van der Waals surface area contributed by atoms with E-state index in [4.69, 9.17) is 0 Å². The monoisotopic (exact) mass is 338 g/mol. The maximum absolute atomic E-state index is 12.8. The van der Waals surface area contributed by atoms with Crippen LogP contribution in [0.15, 0.2) is 54.6 Å². The fourth-order valence-corrected chi connectivity index (χ4v) is 2.83. The van der Waals surface area contributed by atoms with Crippen LogP contribution in [0, 0.1) is 5.92 Å². The van der Waals surface area contributed by atoms with Crippen LogP contribution in [0.3, 0.4) is 0 Å². The molecule has 132 valence electrons. The molecule has 2 aromatic carbocycles. The van der Waals surface area contributed by atoms with Crippen molar-refractivity contribution >= 4 is 17.5 Å². The van der Waals surface area contributed by atoms with Crippen LogP contribution in [0.4, 0.5) is 5.69 Å². The summed E-state index contributed by atoms with van der Waals surface area (Å²) < 4.78 is 0. The van der Waals surface area contributed by atoms with E-state index in [-0.39, 0.29) is 23.7 Å². The number of nitrogens with one attached hydrogen (secondary N) is 2. The van der Waals surface area contributed by atoms with Crippen molar-refractivity contribution in [2.24, 2.45) is 5.92 Å². The minimum atomic E-state index is -0.184. The van der Waals surface area contributed by atoms with Crippen molar-refractivity contribution in [2.75, 3.05) is 12.4 Å². The van der Waals surface area contributed by atoms with Crippen LogP contribution >= 0.6 is 0 Å². The molecule has 0 aliphatic heterocycles. The topological polar surface area (TPSA) is 58.2 Å². The lowest BCUT2D eigenvalue weighted by molar-refractivity contribution is -0.120. The summed E-state index contributed by atoms with van der Waals surface area (Å²) in [6, 6.07) is 17.3. The fraction of sp³-hybridized carbons (Fsp3) is 0.333.